The quantitative estimate of drug-likeness (QED) is 0.510. The summed E-state index contributed by atoms with van der Waals surface area (Å²) >= 11 is 0. The predicted molar refractivity (Wildman–Crippen MR) is 68.5 cm³/mol. The molecule has 0 radical (unpaired) electrons. The Bertz CT molecular complexity index is 574. The van der Waals surface area contributed by atoms with Gasteiger partial charge in [0.1, 0.15) is 5.75 Å². The van der Waals surface area contributed by atoms with Crippen molar-refractivity contribution in [3.63, 3.8) is 0 Å². The number of phenolic OH excluding ortho intramolecular Hbond substituents is 1. The average molecular weight is 242 g/mol. The smallest absolute Gasteiger partial charge is 0.269 e. The van der Waals surface area contributed by atoms with Crippen LogP contribution in [0.15, 0.2) is 53.5 Å². The Hall–Kier alpha value is -2.69. The molecule has 0 saturated carbocycles. The molecule has 0 atom stereocenters. The molecule has 0 spiro atoms. The van der Waals surface area contributed by atoms with E-state index in [9.17, 15) is 10.1 Å². The van der Waals surface area contributed by atoms with E-state index in [1.165, 1.54) is 12.1 Å². The zero-order valence-electron chi connectivity index (χ0n) is 9.35. The van der Waals surface area contributed by atoms with Crippen molar-refractivity contribution in [3.8, 4) is 5.75 Å². The Kier molecular flexibility index (Phi) is 3.33. The summed E-state index contributed by atoms with van der Waals surface area (Å²) in [6.07, 6.45) is 1.61. The molecule has 5 heteroatoms. The molecule has 90 valence electrons. The Morgan fingerprint density at radius 2 is 1.67 bits per heavy atom. The SMILES string of the molecule is O=[N+]([O-])c1ccc(C=Nc2ccc(O)cc2)cc1. The molecule has 0 bridgehead atoms. The Balaban J connectivity index is 2.13. The van der Waals surface area contributed by atoms with E-state index >= 15 is 0 Å². The molecule has 0 aliphatic heterocycles. The van der Waals surface area contributed by atoms with E-state index in [-0.39, 0.29) is 11.4 Å². The van der Waals surface area contributed by atoms with Gasteiger partial charge in [0.25, 0.3) is 5.69 Å². The molecule has 18 heavy (non-hydrogen) atoms. The number of nitrogens with zero attached hydrogens (tertiary/aromatic N) is 2. The molecule has 5 nitrogen and oxygen atoms in total. The minimum absolute atomic E-state index is 0.0526. The van der Waals surface area contributed by atoms with Crippen molar-refractivity contribution >= 4 is 17.6 Å². The number of benzene rings is 2. The number of phenols is 1. The summed E-state index contributed by atoms with van der Waals surface area (Å²) in [5.41, 5.74) is 1.52. The second kappa shape index (κ2) is 5.09. The Labute approximate surface area is 103 Å². The fourth-order valence-corrected chi connectivity index (χ4v) is 1.37. The third-order valence-electron chi connectivity index (χ3n) is 2.32. The first-order valence-corrected chi connectivity index (χ1v) is 5.23. The monoisotopic (exact) mass is 242 g/mol. The zero-order valence-corrected chi connectivity index (χ0v) is 9.35. The standard InChI is InChI=1S/C13H10N2O3/c16-13-7-3-11(4-8-13)14-9-10-1-5-12(6-2-10)15(17)18/h1-9,16H. The number of aliphatic imine (C=N–C) groups is 1. The molecule has 1 N–H and O–H groups in total. The average Bonchev–Trinajstić information content (AvgIpc) is 2.38. The number of aromatic hydroxyl groups is 1. The second-order valence-corrected chi connectivity index (χ2v) is 3.62. The summed E-state index contributed by atoms with van der Waals surface area (Å²) in [5, 5.41) is 19.6. The first kappa shape index (κ1) is 11.8. The highest BCUT2D eigenvalue weighted by Gasteiger charge is 2.02. The maximum atomic E-state index is 10.5. The van der Waals surface area contributed by atoms with Crippen LogP contribution in [0.25, 0.3) is 0 Å². The highest BCUT2D eigenvalue weighted by atomic mass is 16.6. The molecule has 0 unspecified atom stereocenters. The minimum Gasteiger partial charge on any atom is -0.508 e. The van der Waals surface area contributed by atoms with Crippen LogP contribution >= 0.6 is 0 Å². The van der Waals surface area contributed by atoms with Crippen molar-refractivity contribution in [2.45, 2.75) is 0 Å². The van der Waals surface area contributed by atoms with Crippen LogP contribution in [0.4, 0.5) is 11.4 Å². The van der Waals surface area contributed by atoms with E-state index in [0.717, 1.165) is 5.56 Å². The van der Waals surface area contributed by atoms with E-state index < -0.39 is 4.92 Å². The van der Waals surface area contributed by atoms with Crippen LogP contribution in [-0.2, 0) is 0 Å². The van der Waals surface area contributed by atoms with E-state index in [1.54, 1.807) is 42.6 Å². The number of nitro benzene ring substituents is 1. The maximum Gasteiger partial charge on any atom is 0.269 e. The van der Waals surface area contributed by atoms with Gasteiger partial charge in [0, 0.05) is 18.3 Å². The molecule has 2 aromatic rings. The lowest BCUT2D eigenvalue weighted by atomic mass is 10.2. The third kappa shape index (κ3) is 2.91. The van der Waals surface area contributed by atoms with Crippen molar-refractivity contribution in [1.29, 1.82) is 0 Å². The largest absolute Gasteiger partial charge is 0.508 e. The molecule has 2 aromatic carbocycles. The molecule has 0 heterocycles. The van der Waals surface area contributed by atoms with Gasteiger partial charge < -0.3 is 5.11 Å². The number of non-ortho nitro benzene ring substituents is 1. The molecular weight excluding hydrogens is 232 g/mol. The predicted octanol–water partition coefficient (Wildman–Crippen LogP) is 3.05. The molecule has 0 amide bonds. The number of hydrogen-bond donors (Lipinski definition) is 1. The number of rotatable bonds is 3. The summed E-state index contributed by atoms with van der Waals surface area (Å²) in [6.45, 7) is 0. The van der Waals surface area contributed by atoms with Crippen LogP contribution in [0.5, 0.6) is 5.75 Å². The van der Waals surface area contributed by atoms with E-state index in [0.29, 0.717) is 5.69 Å². The van der Waals surface area contributed by atoms with Crippen LogP contribution in [0.1, 0.15) is 5.56 Å². The van der Waals surface area contributed by atoms with Gasteiger partial charge in [0.15, 0.2) is 0 Å². The Morgan fingerprint density at radius 3 is 2.22 bits per heavy atom. The maximum absolute atomic E-state index is 10.5. The summed E-state index contributed by atoms with van der Waals surface area (Å²) < 4.78 is 0. The van der Waals surface area contributed by atoms with E-state index in [1.807, 2.05) is 0 Å². The fourth-order valence-electron chi connectivity index (χ4n) is 1.37. The van der Waals surface area contributed by atoms with Gasteiger partial charge in [0.2, 0.25) is 0 Å². The van der Waals surface area contributed by atoms with E-state index in [2.05, 4.69) is 4.99 Å². The fraction of sp³-hybridized carbons (Fsp3) is 0. The van der Waals surface area contributed by atoms with Gasteiger partial charge in [-0.05, 0) is 42.0 Å². The molecule has 0 fully saturated rings. The Morgan fingerprint density at radius 1 is 1.06 bits per heavy atom. The molecular formula is C13H10N2O3. The lowest BCUT2D eigenvalue weighted by Gasteiger charge is -1.95. The number of hydrogen-bond acceptors (Lipinski definition) is 4. The first-order valence-electron chi connectivity index (χ1n) is 5.23. The molecule has 0 aliphatic carbocycles. The summed E-state index contributed by atoms with van der Waals surface area (Å²) in [4.78, 5) is 14.2. The van der Waals surface area contributed by atoms with Crippen molar-refractivity contribution in [1.82, 2.24) is 0 Å². The van der Waals surface area contributed by atoms with Crippen molar-refractivity contribution in [2.75, 3.05) is 0 Å². The van der Waals surface area contributed by atoms with Crippen molar-refractivity contribution < 1.29 is 10.0 Å². The summed E-state index contributed by atoms with van der Waals surface area (Å²) in [7, 11) is 0. The minimum atomic E-state index is -0.444. The van der Waals surface area contributed by atoms with Crippen LogP contribution in [-0.4, -0.2) is 16.2 Å². The van der Waals surface area contributed by atoms with Gasteiger partial charge in [-0.25, -0.2) is 0 Å². The zero-order chi connectivity index (χ0) is 13.0. The van der Waals surface area contributed by atoms with Crippen LogP contribution < -0.4 is 0 Å². The molecule has 0 aliphatic rings. The summed E-state index contributed by atoms with van der Waals surface area (Å²) in [6, 6.07) is 12.6. The van der Waals surface area contributed by atoms with Crippen LogP contribution in [0, 0.1) is 10.1 Å². The number of nitro groups is 1. The molecule has 0 aromatic heterocycles. The lowest BCUT2D eigenvalue weighted by Crippen LogP contribution is -1.88. The topological polar surface area (TPSA) is 75.7 Å². The highest BCUT2D eigenvalue weighted by molar-refractivity contribution is 5.82. The van der Waals surface area contributed by atoms with Gasteiger partial charge in [-0.2, -0.15) is 0 Å². The van der Waals surface area contributed by atoms with Gasteiger partial charge in [0.05, 0.1) is 10.6 Å². The lowest BCUT2D eigenvalue weighted by molar-refractivity contribution is -0.384. The van der Waals surface area contributed by atoms with E-state index in [4.69, 9.17) is 5.11 Å². The van der Waals surface area contributed by atoms with Crippen molar-refractivity contribution in [2.24, 2.45) is 4.99 Å². The second-order valence-electron chi connectivity index (χ2n) is 3.62. The van der Waals surface area contributed by atoms with Crippen molar-refractivity contribution in [3.05, 3.63) is 64.2 Å². The van der Waals surface area contributed by atoms with Crippen LogP contribution in [0.2, 0.25) is 0 Å². The van der Waals surface area contributed by atoms with Crippen LogP contribution in [0.3, 0.4) is 0 Å². The summed E-state index contributed by atoms with van der Waals surface area (Å²) in [5.74, 6) is 0.185. The normalized spacial score (nSPS) is 10.7. The van der Waals surface area contributed by atoms with Gasteiger partial charge in [-0.3, -0.25) is 15.1 Å². The third-order valence-corrected chi connectivity index (χ3v) is 2.32. The first-order chi connectivity index (χ1) is 8.65. The van der Waals surface area contributed by atoms with Gasteiger partial charge in [-0.1, -0.05) is 0 Å². The van der Waals surface area contributed by atoms with Gasteiger partial charge >= 0.3 is 0 Å². The molecule has 0 saturated heterocycles. The highest BCUT2D eigenvalue weighted by Crippen LogP contribution is 2.17. The van der Waals surface area contributed by atoms with Gasteiger partial charge in [-0.15, -0.1) is 0 Å². The molecule has 2 rings (SSSR count).